The molecule has 2 aromatic heterocycles. The summed E-state index contributed by atoms with van der Waals surface area (Å²) in [5.74, 6) is -0.0874. The minimum Gasteiger partial charge on any atom is -0.302 e. The fourth-order valence-electron chi connectivity index (χ4n) is 2.72. The van der Waals surface area contributed by atoms with Crippen LogP contribution in [0.1, 0.15) is 21.8 Å². The molecule has 1 aromatic carbocycles. The molecular formula is C18H19ClN4OS. The maximum absolute atomic E-state index is 12.4. The largest absolute Gasteiger partial charge is 0.302 e. The standard InChI is InChI=1S/C18H19ClN4OS/c1-10-15(11(2)23(4)22-10)9-16(24)20-18-21-17(12(3)25-18)13-5-7-14(19)8-6-13/h5-8H,9H2,1-4H3,(H,20,21,24). The van der Waals surface area contributed by atoms with Crippen LogP contribution in [0.5, 0.6) is 0 Å². The Bertz CT molecular complexity index is 927. The molecule has 0 saturated heterocycles. The van der Waals surface area contributed by atoms with Gasteiger partial charge in [-0.3, -0.25) is 9.48 Å². The number of amides is 1. The van der Waals surface area contributed by atoms with Crippen LogP contribution in [-0.4, -0.2) is 20.7 Å². The lowest BCUT2D eigenvalue weighted by Crippen LogP contribution is -2.15. The third-order valence-corrected chi connectivity index (χ3v) is 5.30. The van der Waals surface area contributed by atoms with Crippen molar-refractivity contribution < 1.29 is 4.79 Å². The number of carbonyl (C=O) groups is 1. The first-order valence-electron chi connectivity index (χ1n) is 7.87. The van der Waals surface area contributed by atoms with Crippen molar-refractivity contribution in [3.8, 4) is 11.3 Å². The summed E-state index contributed by atoms with van der Waals surface area (Å²) < 4.78 is 1.80. The Labute approximate surface area is 155 Å². The molecule has 0 aliphatic carbocycles. The molecule has 7 heteroatoms. The van der Waals surface area contributed by atoms with Gasteiger partial charge in [0.25, 0.3) is 0 Å². The van der Waals surface area contributed by atoms with Crippen molar-refractivity contribution in [3.63, 3.8) is 0 Å². The minimum atomic E-state index is -0.0874. The predicted octanol–water partition coefficient (Wildman–Crippen LogP) is 4.30. The smallest absolute Gasteiger partial charge is 0.230 e. The highest BCUT2D eigenvalue weighted by molar-refractivity contribution is 7.16. The first-order chi connectivity index (χ1) is 11.8. The van der Waals surface area contributed by atoms with E-state index in [2.05, 4.69) is 15.4 Å². The average molecular weight is 375 g/mol. The summed E-state index contributed by atoms with van der Waals surface area (Å²) in [7, 11) is 1.88. The zero-order valence-electron chi connectivity index (χ0n) is 14.6. The first kappa shape index (κ1) is 17.6. The Hall–Kier alpha value is -2.18. The van der Waals surface area contributed by atoms with E-state index in [0.717, 1.165) is 33.1 Å². The number of rotatable bonds is 4. The van der Waals surface area contributed by atoms with E-state index >= 15 is 0 Å². The van der Waals surface area contributed by atoms with Crippen molar-refractivity contribution in [2.24, 2.45) is 7.05 Å². The fraction of sp³-hybridized carbons (Fsp3) is 0.278. The number of nitrogens with zero attached hydrogens (tertiary/aromatic N) is 3. The van der Waals surface area contributed by atoms with Crippen LogP contribution in [0.4, 0.5) is 5.13 Å². The van der Waals surface area contributed by atoms with Crippen LogP contribution in [0.25, 0.3) is 11.3 Å². The molecule has 5 nitrogen and oxygen atoms in total. The Kier molecular flexibility index (Phi) is 4.92. The second-order valence-corrected chi connectivity index (χ2v) is 7.57. The van der Waals surface area contributed by atoms with Crippen LogP contribution in [0, 0.1) is 20.8 Å². The molecule has 0 atom stereocenters. The minimum absolute atomic E-state index is 0.0874. The van der Waals surface area contributed by atoms with Gasteiger partial charge in [0.05, 0.1) is 17.8 Å². The van der Waals surface area contributed by atoms with E-state index in [1.165, 1.54) is 11.3 Å². The lowest BCUT2D eigenvalue weighted by molar-refractivity contribution is -0.115. The highest BCUT2D eigenvalue weighted by Gasteiger charge is 2.16. The number of halogens is 1. The first-order valence-corrected chi connectivity index (χ1v) is 9.07. The van der Waals surface area contributed by atoms with E-state index < -0.39 is 0 Å². The van der Waals surface area contributed by atoms with E-state index in [1.54, 1.807) is 4.68 Å². The van der Waals surface area contributed by atoms with Crippen LogP contribution in [0.15, 0.2) is 24.3 Å². The Balaban J connectivity index is 1.76. The van der Waals surface area contributed by atoms with Crippen molar-refractivity contribution in [1.82, 2.24) is 14.8 Å². The number of benzene rings is 1. The SMILES string of the molecule is Cc1nn(C)c(C)c1CC(=O)Nc1nc(-c2ccc(Cl)cc2)c(C)s1. The number of aromatic nitrogens is 3. The van der Waals surface area contributed by atoms with Crippen molar-refractivity contribution in [2.45, 2.75) is 27.2 Å². The van der Waals surface area contributed by atoms with E-state index in [0.29, 0.717) is 16.6 Å². The molecule has 1 N–H and O–H groups in total. The van der Waals surface area contributed by atoms with E-state index in [4.69, 9.17) is 11.6 Å². The maximum atomic E-state index is 12.4. The zero-order chi connectivity index (χ0) is 18.1. The Morgan fingerprint density at radius 1 is 1.24 bits per heavy atom. The molecule has 3 rings (SSSR count). The van der Waals surface area contributed by atoms with Gasteiger partial charge in [-0.15, -0.1) is 11.3 Å². The quantitative estimate of drug-likeness (QED) is 0.740. The molecule has 0 bridgehead atoms. The molecule has 25 heavy (non-hydrogen) atoms. The molecule has 0 aliphatic heterocycles. The van der Waals surface area contributed by atoms with Crippen LogP contribution in [0.2, 0.25) is 5.02 Å². The number of anilines is 1. The van der Waals surface area contributed by atoms with Crippen LogP contribution < -0.4 is 5.32 Å². The van der Waals surface area contributed by atoms with Crippen molar-refractivity contribution in [1.29, 1.82) is 0 Å². The van der Waals surface area contributed by atoms with E-state index in [9.17, 15) is 4.79 Å². The van der Waals surface area contributed by atoms with Gasteiger partial charge in [0.15, 0.2) is 5.13 Å². The normalized spacial score (nSPS) is 10.9. The van der Waals surface area contributed by atoms with Gasteiger partial charge in [-0.05, 0) is 32.9 Å². The highest BCUT2D eigenvalue weighted by atomic mass is 35.5. The summed E-state index contributed by atoms with van der Waals surface area (Å²) in [6.07, 6.45) is 0.292. The van der Waals surface area contributed by atoms with Crippen molar-refractivity contribution >= 4 is 34.0 Å². The van der Waals surface area contributed by atoms with Crippen LogP contribution >= 0.6 is 22.9 Å². The number of thiazole rings is 1. The van der Waals surface area contributed by atoms with Gasteiger partial charge in [-0.1, -0.05) is 23.7 Å². The van der Waals surface area contributed by atoms with E-state index in [-0.39, 0.29) is 5.91 Å². The van der Waals surface area contributed by atoms with Gasteiger partial charge in [-0.25, -0.2) is 4.98 Å². The third kappa shape index (κ3) is 3.75. The fourth-order valence-corrected chi connectivity index (χ4v) is 3.70. The van der Waals surface area contributed by atoms with Crippen molar-refractivity contribution in [3.05, 3.63) is 51.1 Å². The lowest BCUT2D eigenvalue weighted by atomic mass is 10.1. The lowest BCUT2D eigenvalue weighted by Gasteiger charge is -2.03. The summed E-state index contributed by atoms with van der Waals surface area (Å²) in [5, 5.41) is 8.54. The van der Waals surface area contributed by atoms with Gasteiger partial charge in [0.1, 0.15) is 0 Å². The van der Waals surface area contributed by atoms with Gasteiger partial charge < -0.3 is 5.32 Å². The molecule has 0 spiro atoms. The van der Waals surface area contributed by atoms with Gasteiger partial charge in [0, 0.05) is 33.8 Å². The average Bonchev–Trinajstić information content (AvgIpc) is 3.02. The predicted molar refractivity (Wildman–Crippen MR) is 102 cm³/mol. The Morgan fingerprint density at radius 3 is 2.52 bits per heavy atom. The van der Waals surface area contributed by atoms with Crippen LogP contribution in [-0.2, 0) is 18.3 Å². The highest BCUT2D eigenvalue weighted by Crippen LogP contribution is 2.31. The molecule has 1 amide bonds. The molecule has 0 unspecified atom stereocenters. The molecule has 0 saturated carbocycles. The Morgan fingerprint density at radius 2 is 1.92 bits per heavy atom. The molecule has 130 valence electrons. The van der Waals surface area contributed by atoms with E-state index in [1.807, 2.05) is 52.1 Å². The molecule has 0 radical (unpaired) electrons. The number of hydrogen-bond acceptors (Lipinski definition) is 4. The molecule has 2 heterocycles. The topological polar surface area (TPSA) is 59.8 Å². The number of nitrogens with one attached hydrogen (secondary N) is 1. The monoisotopic (exact) mass is 374 g/mol. The van der Waals surface area contributed by atoms with Gasteiger partial charge in [-0.2, -0.15) is 5.10 Å². The van der Waals surface area contributed by atoms with Gasteiger partial charge in [0.2, 0.25) is 5.91 Å². The second kappa shape index (κ2) is 6.98. The molecular weight excluding hydrogens is 356 g/mol. The third-order valence-electron chi connectivity index (χ3n) is 4.16. The maximum Gasteiger partial charge on any atom is 0.230 e. The second-order valence-electron chi connectivity index (χ2n) is 5.93. The summed E-state index contributed by atoms with van der Waals surface area (Å²) in [4.78, 5) is 18.0. The summed E-state index contributed by atoms with van der Waals surface area (Å²) in [5.41, 5.74) is 4.70. The molecule has 3 aromatic rings. The summed E-state index contributed by atoms with van der Waals surface area (Å²) >= 11 is 7.40. The van der Waals surface area contributed by atoms with Crippen molar-refractivity contribution in [2.75, 3.05) is 5.32 Å². The number of aryl methyl sites for hydroxylation is 3. The molecule has 0 aliphatic rings. The van der Waals surface area contributed by atoms with Gasteiger partial charge >= 0.3 is 0 Å². The zero-order valence-corrected chi connectivity index (χ0v) is 16.1. The molecule has 0 fully saturated rings. The number of carbonyl (C=O) groups excluding carboxylic acids is 1. The van der Waals surface area contributed by atoms with Crippen LogP contribution in [0.3, 0.4) is 0 Å². The summed E-state index contributed by atoms with van der Waals surface area (Å²) in [6.45, 7) is 5.88. The summed E-state index contributed by atoms with van der Waals surface area (Å²) in [6, 6.07) is 7.53. The number of hydrogen-bond donors (Lipinski definition) is 1.